The van der Waals surface area contributed by atoms with Crippen molar-refractivity contribution >= 4 is 40.5 Å². The van der Waals surface area contributed by atoms with Crippen molar-refractivity contribution in [3.8, 4) is 5.75 Å². The Morgan fingerprint density at radius 2 is 2.11 bits per heavy atom. The normalized spacial score (nSPS) is 13.4. The number of methoxy groups -OCH3 is 1. The Morgan fingerprint density at radius 3 is 2.78 bits per heavy atom. The number of amides is 1. The van der Waals surface area contributed by atoms with Crippen LogP contribution in [0.1, 0.15) is 16.9 Å². The first kappa shape index (κ1) is 17.3. The second kappa shape index (κ2) is 6.88. The molecule has 140 valence electrons. The molecule has 0 aliphatic carbocycles. The third-order valence-corrected chi connectivity index (χ3v) is 4.47. The summed E-state index contributed by atoms with van der Waals surface area (Å²) in [5.74, 6) is 0.639. The van der Waals surface area contributed by atoms with Crippen molar-refractivity contribution in [3.05, 3.63) is 29.2 Å². The summed E-state index contributed by atoms with van der Waals surface area (Å²) in [5, 5.41) is 17.6. The number of rotatable bonds is 5. The van der Waals surface area contributed by atoms with Gasteiger partial charge in [-0.25, -0.2) is 4.52 Å². The van der Waals surface area contributed by atoms with Gasteiger partial charge in [-0.05, 0) is 6.42 Å². The van der Waals surface area contributed by atoms with Gasteiger partial charge in [-0.3, -0.25) is 4.79 Å². The van der Waals surface area contributed by atoms with Crippen molar-refractivity contribution in [2.75, 3.05) is 37.5 Å². The Labute approximate surface area is 159 Å². The summed E-state index contributed by atoms with van der Waals surface area (Å²) in [6.07, 6.45) is 3.03. The van der Waals surface area contributed by atoms with Gasteiger partial charge in [-0.15, -0.1) is 15.3 Å². The first-order valence-corrected chi connectivity index (χ1v) is 8.68. The Balaban J connectivity index is 1.71. The summed E-state index contributed by atoms with van der Waals surface area (Å²) >= 11 is 5.91. The maximum Gasteiger partial charge on any atom is 0.273 e. The molecule has 27 heavy (non-hydrogen) atoms. The number of pyridine rings is 1. The van der Waals surface area contributed by atoms with Crippen LogP contribution in [0.2, 0.25) is 5.15 Å². The van der Waals surface area contributed by atoms with E-state index in [4.69, 9.17) is 16.3 Å². The highest BCUT2D eigenvalue weighted by molar-refractivity contribution is 6.29. The minimum atomic E-state index is -0.396. The highest BCUT2D eigenvalue weighted by Gasteiger charge is 2.21. The van der Waals surface area contributed by atoms with Crippen molar-refractivity contribution in [1.29, 1.82) is 0 Å². The minimum Gasteiger partial charge on any atom is -0.494 e. The summed E-state index contributed by atoms with van der Waals surface area (Å²) in [5.41, 5.74) is 2.03. The van der Waals surface area contributed by atoms with E-state index in [-0.39, 0.29) is 10.8 Å². The number of hydrogen-bond acceptors (Lipinski definition) is 8. The Kier molecular flexibility index (Phi) is 4.40. The fourth-order valence-corrected chi connectivity index (χ4v) is 2.93. The molecule has 10 nitrogen and oxygen atoms in total. The van der Waals surface area contributed by atoms with Crippen LogP contribution in [0, 0.1) is 0 Å². The Morgan fingerprint density at radius 1 is 1.30 bits per heavy atom. The number of aromatic nitrogens is 5. The van der Waals surface area contributed by atoms with Crippen LogP contribution in [-0.2, 0) is 0 Å². The second-order valence-electron chi connectivity index (χ2n) is 5.94. The average molecular weight is 389 g/mol. The van der Waals surface area contributed by atoms with Crippen molar-refractivity contribution in [3.63, 3.8) is 0 Å². The maximum atomic E-state index is 12.0. The van der Waals surface area contributed by atoms with E-state index in [1.54, 1.807) is 11.6 Å². The number of carbonyl (C=O) groups excluding carboxylic acids is 1. The molecule has 2 N–H and O–H groups in total. The highest BCUT2D eigenvalue weighted by Crippen LogP contribution is 2.32. The van der Waals surface area contributed by atoms with Crippen LogP contribution < -0.4 is 20.3 Å². The lowest BCUT2D eigenvalue weighted by Crippen LogP contribution is -2.37. The van der Waals surface area contributed by atoms with Gasteiger partial charge in [-0.1, -0.05) is 11.6 Å². The first-order valence-electron chi connectivity index (χ1n) is 8.30. The molecule has 0 atom stereocenters. The first-order chi connectivity index (χ1) is 13.1. The monoisotopic (exact) mass is 388 g/mol. The van der Waals surface area contributed by atoms with E-state index in [1.807, 2.05) is 12.3 Å². The molecule has 3 aromatic heterocycles. The Hall–Kier alpha value is -3.14. The zero-order valence-corrected chi connectivity index (χ0v) is 15.5. The number of carbonyl (C=O) groups is 1. The van der Waals surface area contributed by atoms with Crippen LogP contribution >= 0.6 is 11.6 Å². The van der Waals surface area contributed by atoms with Gasteiger partial charge >= 0.3 is 0 Å². The van der Waals surface area contributed by atoms with Gasteiger partial charge in [0.2, 0.25) is 5.95 Å². The molecule has 1 amide bonds. The molecule has 1 aliphatic heterocycles. The molecule has 4 heterocycles. The number of hydrogen-bond donors (Lipinski definition) is 2. The summed E-state index contributed by atoms with van der Waals surface area (Å²) in [7, 11) is 3.14. The molecule has 1 saturated heterocycles. The van der Waals surface area contributed by atoms with Gasteiger partial charge in [0.25, 0.3) is 5.91 Å². The summed E-state index contributed by atoms with van der Waals surface area (Å²) in [6, 6.07) is 3.32. The SMILES string of the molecule is CNC(=O)c1nnc(Cl)cc1Nc1nc2cc(OC)c(N3CCC3)cn2n1. The smallest absolute Gasteiger partial charge is 0.273 e. The number of halogens is 1. The zero-order chi connectivity index (χ0) is 19.0. The quantitative estimate of drug-likeness (QED) is 0.676. The maximum absolute atomic E-state index is 12.0. The molecule has 0 bridgehead atoms. The van der Waals surface area contributed by atoms with E-state index < -0.39 is 5.91 Å². The molecule has 0 radical (unpaired) electrons. The predicted molar refractivity (Wildman–Crippen MR) is 100 cm³/mol. The zero-order valence-electron chi connectivity index (χ0n) is 14.7. The number of anilines is 3. The highest BCUT2D eigenvalue weighted by atomic mass is 35.5. The molecular formula is C16H17ClN8O2. The van der Waals surface area contributed by atoms with E-state index in [1.165, 1.54) is 13.1 Å². The molecule has 0 unspecified atom stereocenters. The van der Waals surface area contributed by atoms with E-state index in [0.29, 0.717) is 17.3 Å². The van der Waals surface area contributed by atoms with Gasteiger partial charge in [0.05, 0.1) is 24.7 Å². The molecule has 11 heteroatoms. The molecule has 3 aromatic rings. The topological polar surface area (TPSA) is 110 Å². The Bertz CT molecular complexity index is 1020. The lowest BCUT2D eigenvalue weighted by molar-refractivity contribution is 0.0958. The molecule has 4 rings (SSSR count). The van der Waals surface area contributed by atoms with E-state index in [9.17, 15) is 4.79 Å². The molecular weight excluding hydrogens is 372 g/mol. The lowest BCUT2D eigenvalue weighted by atomic mass is 10.2. The minimum absolute atomic E-state index is 0.0969. The summed E-state index contributed by atoms with van der Waals surface area (Å²) < 4.78 is 7.15. The van der Waals surface area contributed by atoms with Crippen LogP contribution in [0.5, 0.6) is 5.75 Å². The van der Waals surface area contributed by atoms with Gasteiger partial charge < -0.3 is 20.3 Å². The summed E-state index contributed by atoms with van der Waals surface area (Å²) in [6.45, 7) is 1.97. The van der Waals surface area contributed by atoms with Crippen LogP contribution in [0.15, 0.2) is 18.3 Å². The van der Waals surface area contributed by atoms with Crippen molar-refractivity contribution in [1.82, 2.24) is 30.1 Å². The molecule has 0 saturated carbocycles. The predicted octanol–water partition coefficient (Wildman–Crippen LogP) is 1.49. The number of ether oxygens (including phenoxy) is 1. The largest absolute Gasteiger partial charge is 0.494 e. The fraction of sp³-hybridized carbons (Fsp3) is 0.312. The number of nitrogens with zero attached hydrogens (tertiary/aromatic N) is 6. The third-order valence-electron chi connectivity index (χ3n) is 4.28. The van der Waals surface area contributed by atoms with E-state index in [2.05, 4.69) is 35.8 Å². The van der Waals surface area contributed by atoms with Crippen molar-refractivity contribution in [2.24, 2.45) is 0 Å². The van der Waals surface area contributed by atoms with E-state index >= 15 is 0 Å². The van der Waals surface area contributed by atoms with Crippen LogP contribution in [-0.4, -0.2) is 57.9 Å². The van der Waals surface area contributed by atoms with Crippen LogP contribution in [0.4, 0.5) is 17.3 Å². The standard InChI is InChI=1S/C16H17ClN8O2/c1-18-15(26)14-9(6-12(17)21-22-14)19-16-20-13-7-11(27-2)10(8-25(13)23-16)24-4-3-5-24/h6-8H,3-5H2,1-2H3,(H,18,26)(H,19,21,23). The molecule has 0 spiro atoms. The number of fused-ring (bicyclic) bond motifs is 1. The van der Waals surface area contributed by atoms with Gasteiger partial charge in [0, 0.05) is 32.3 Å². The van der Waals surface area contributed by atoms with Gasteiger partial charge in [0.15, 0.2) is 16.5 Å². The number of nitrogens with one attached hydrogen (secondary N) is 2. The lowest BCUT2D eigenvalue weighted by Gasteiger charge is -2.33. The van der Waals surface area contributed by atoms with Crippen LogP contribution in [0.25, 0.3) is 5.65 Å². The fourth-order valence-electron chi connectivity index (χ4n) is 2.78. The second-order valence-corrected chi connectivity index (χ2v) is 6.33. The molecule has 0 aromatic carbocycles. The van der Waals surface area contributed by atoms with Crippen molar-refractivity contribution < 1.29 is 9.53 Å². The average Bonchev–Trinajstić information content (AvgIpc) is 3.00. The van der Waals surface area contributed by atoms with Gasteiger partial charge in [-0.2, -0.15) is 4.98 Å². The summed E-state index contributed by atoms with van der Waals surface area (Å²) in [4.78, 5) is 18.6. The van der Waals surface area contributed by atoms with Crippen LogP contribution in [0.3, 0.4) is 0 Å². The van der Waals surface area contributed by atoms with Crippen molar-refractivity contribution in [2.45, 2.75) is 6.42 Å². The van der Waals surface area contributed by atoms with E-state index in [0.717, 1.165) is 30.9 Å². The van der Waals surface area contributed by atoms with Gasteiger partial charge in [0.1, 0.15) is 5.75 Å². The third kappa shape index (κ3) is 3.19. The molecule has 1 fully saturated rings. The molecule has 1 aliphatic rings.